The zero-order chi connectivity index (χ0) is 12.7. The van der Waals surface area contributed by atoms with E-state index < -0.39 is 18.0 Å². The van der Waals surface area contributed by atoms with Crippen LogP contribution in [-0.4, -0.2) is 25.1 Å². The molecule has 0 saturated carbocycles. The number of nitrogens with two attached hydrogens (primary N) is 1. The predicted octanol–water partition coefficient (Wildman–Crippen LogP) is 0.793. The number of amides is 1. The second kappa shape index (κ2) is 6.65. The summed E-state index contributed by atoms with van der Waals surface area (Å²) in [6.07, 6.45) is -1.07. The first-order valence-electron chi connectivity index (χ1n) is 5.26. The van der Waals surface area contributed by atoms with Gasteiger partial charge in [-0.25, -0.2) is 4.79 Å². The molecule has 0 radical (unpaired) electrons. The van der Waals surface area contributed by atoms with E-state index in [1.807, 2.05) is 0 Å². The van der Waals surface area contributed by atoms with Crippen LogP contribution in [-0.2, 0) is 19.1 Å². The molecule has 1 rings (SSSR count). The van der Waals surface area contributed by atoms with Gasteiger partial charge >= 0.3 is 5.97 Å². The maximum Gasteiger partial charge on any atom is 0.333 e. The maximum atomic E-state index is 11.3. The van der Waals surface area contributed by atoms with E-state index in [-0.39, 0.29) is 6.61 Å². The Morgan fingerprint density at radius 3 is 2.47 bits per heavy atom. The first-order valence-corrected chi connectivity index (χ1v) is 5.26. The van der Waals surface area contributed by atoms with Crippen molar-refractivity contribution in [3.05, 3.63) is 35.9 Å². The van der Waals surface area contributed by atoms with Crippen LogP contribution in [0.15, 0.2) is 30.3 Å². The molecule has 0 aliphatic rings. The van der Waals surface area contributed by atoms with Crippen molar-refractivity contribution in [2.75, 3.05) is 13.2 Å². The molecular weight excluding hydrogens is 222 g/mol. The molecule has 1 aromatic carbocycles. The highest BCUT2D eigenvalue weighted by Crippen LogP contribution is 2.16. The van der Waals surface area contributed by atoms with Crippen molar-refractivity contribution in [2.24, 2.45) is 5.73 Å². The molecule has 92 valence electrons. The topological polar surface area (TPSA) is 78.6 Å². The first-order chi connectivity index (χ1) is 8.15. The summed E-state index contributed by atoms with van der Waals surface area (Å²) in [5.41, 5.74) is 5.73. The standard InChI is InChI=1S/C12H15NO4/c1-2-16-8-10(14)17-11(12(13)15)9-6-4-3-5-7-9/h3-7,11H,2,8H2,1H3,(H2,13,15). The molecule has 1 aromatic rings. The molecule has 0 aromatic heterocycles. The molecule has 0 aliphatic heterocycles. The minimum atomic E-state index is -1.07. The van der Waals surface area contributed by atoms with Gasteiger partial charge in [0.05, 0.1) is 0 Å². The van der Waals surface area contributed by atoms with Crippen LogP contribution in [0, 0.1) is 0 Å². The minimum Gasteiger partial charge on any atom is -0.446 e. The van der Waals surface area contributed by atoms with Crippen LogP contribution in [0.4, 0.5) is 0 Å². The number of benzene rings is 1. The molecule has 0 spiro atoms. The highest BCUT2D eigenvalue weighted by molar-refractivity contribution is 5.83. The van der Waals surface area contributed by atoms with Gasteiger partial charge in [0.25, 0.3) is 5.91 Å². The van der Waals surface area contributed by atoms with Crippen molar-refractivity contribution < 1.29 is 19.1 Å². The van der Waals surface area contributed by atoms with Gasteiger partial charge in [-0.05, 0) is 6.92 Å². The second-order valence-electron chi connectivity index (χ2n) is 3.32. The predicted molar refractivity (Wildman–Crippen MR) is 61.0 cm³/mol. The minimum absolute atomic E-state index is 0.187. The quantitative estimate of drug-likeness (QED) is 0.742. The Morgan fingerprint density at radius 1 is 1.29 bits per heavy atom. The van der Waals surface area contributed by atoms with E-state index in [0.717, 1.165) is 0 Å². The first kappa shape index (κ1) is 13.2. The summed E-state index contributed by atoms with van der Waals surface area (Å²) < 4.78 is 9.85. The molecule has 0 saturated heterocycles. The number of carbonyl (C=O) groups is 2. The fraction of sp³-hybridized carbons (Fsp3) is 0.333. The zero-order valence-corrected chi connectivity index (χ0v) is 9.59. The van der Waals surface area contributed by atoms with Crippen molar-refractivity contribution in [3.63, 3.8) is 0 Å². The summed E-state index contributed by atoms with van der Waals surface area (Å²) in [6, 6.07) is 8.61. The second-order valence-corrected chi connectivity index (χ2v) is 3.32. The molecule has 1 atom stereocenters. The largest absolute Gasteiger partial charge is 0.446 e. The van der Waals surface area contributed by atoms with Crippen molar-refractivity contribution in [3.8, 4) is 0 Å². The Hall–Kier alpha value is -1.88. The van der Waals surface area contributed by atoms with Gasteiger partial charge in [-0.3, -0.25) is 4.79 Å². The number of primary amides is 1. The van der Waals surface area contributed by atoms with Crippen molar-refractivity contribution in [1.29, 1.82) is 0 Å². The summed E-state index contributed by atoms with van der Waals surface area (Å²) in [6.45, 7) is 1.98. The van der Waals surface area contributed by atoms with E-state index in [2.05, 4.69) is 0 Å². The monoisotopic (exact) mass is 237 g/mol. The van der Waals surface area contributed by atoms with Crippen LogP contribution >= 0.6 is 0 Å². The third kappa shape index (κ3) is 4.24. The lowest BCUT2D eigenvalue weighted by atomic mass is 10.1. The van der Waals surface area contributed by atoms with Crippen LogP contribution < -0.4 is 5.73 Å². The third-order valence-electron chi connectivity index (χ3n) is 2.03. The lowest BCUT2D eigenvalue weighted by molar-refractivity contribution is -0.159. The van der Waals surface area contributed by atoms with E-state index in [1.54, 1.807) is 37.3 Å². The van der Waals surface area contributed by atoms with Crippen LogP contribution in [0.5, 0.6) is 0 Å². The molecule has 5 nitrogen and oxygen atoms in total. The van der Waals surface area contributed by atoms with Crippen LogP contribution in [0.2, 0.25) is 0 Å². The number of esters is 1. The van der Waals surface area contributed by atoms with Crippen molar-refractivity contribution >= 4 is 11.9 Å². The van der Waals surface area contributed by atoms with Crippen LogP contribution in [0.1, 0.15) is 18.6 Å². The SMILES string of the molecule is CCOCC(=O)OC(C(N)=O)c1ccccc1. The summed E-state index contributed by atoms with van der Waals surface area (Å²) in [5, 5.41) is 0. The van der Waals surface area contributed by atoms with E-state index in [9.17, 15) is 9.59 Å². The summed E-state index contributed by atoms with van der Waals surface area (Å²) >= 11 is 0. The Bertz CT molecular complexity index is 377. The van der Waals surface area contributed by atoms with Gasteiger partial charge in [0.15, 0.2) is 0 Å². The number of carbonyl (C=O) groups excluding carboxylic acids is 2. The molecule has 1 amide bonds. The number of hydrogen-bond acceptors (Lipinski definition) is 4. The van der Waals surface area contributed by atoms with E-state index in [0.29, 0.717) is 12.2 Å². The highest BCUT2D eigenvalue weighted by Gasteiger charge is 2.22. The van der Waals surface area contributed by atoms with Gasteiger partial charge in [-0.1, -0.05) is 30.3 Å². The average molecular weight is 237 g/mol. The number of hydrogen-bond donors (Lipinski definition) is 1. The number of ether oxygens (including phenoxy) is 2. The molecule has 0 aliphatic carbocycles. The molecule has 1 unspecified atom stereocenters. The van der Waals surface area contributed by atoms with Gasteiger partial charge < -0.3 is 15.2 Å². The molecule has 2 N–H and O–H groups in total. The Balaban J connectivity index is 2.68. The Labute approximate surface area is 99.5 Å². The van der Waals surface area contributed by atoms with Crippen LogP contribution in [0.3, 0.4) is 0 Å². The fourth-order valence-electron chi connectivity index (χ4n) is 1.27. The van der Waals surface area contributed by atoms with Gasteiger partial charge in [-0.2, -0.15) is 0 Å². The maximum absolute atomic E-state index is 11.3. The Kier molecular flexibility index (Phi) is 5.16. The highest BCUT2D eigenvalue weighted by atomic mass is 16.6. The lowest BCUT2D eigenvalue weighted by Crippen LogP contribution is -2.27. The average Bonchev–Trinajstić information content (AvgIpc) is 2.34. The van der Waals surface area contributed by atoms with Gasteiger partial charge in [0.1, 0.15) is 6.61 Å². The van der Waals surface area contributed by atoms with Gasteiger partial charge in [-0.15, -0.1) is 0 Å². The van der Waals surface area contributed by atoms with Gasteiger partial charge in [0, 0.05) is 12.2 Å². The summed E-state index contributed by atoms with van der Waals surface area (Å²) in [7, 11) is 0. The smallest absolute Gasteiger partial charge is 0.333 e. The number of rotatable bonds is 6. The molecule has 5 heteroatoms. The Morgan fingerprint density at radius 2 is 1.94 bits per heavy atom. The van der Waals surface area contributed by atoms with Gasteiger partial charge in [0.2, 0.25) is 6.10 Å². The molecule has 0 fully saturated rings. The zero-order valence-electron chi connectivity index (χ0n) is 9.59. The van der Waals surface area contributed by atoms with E-state index in [4.69, 9.17) is 15.2 Å². The van der Waals surface area contributed by atoms with E-state index >= 15 is 0 Å². The normalized spacial score (nSPS) is 11.8. The van der Waals surface area contributed by atoms with Crippen molar-refractivity contribution in [2.45, 2.75) is 13.0 Å². The molecule has 0 heterocycles. The van der Waals surface area contributed by atoms with Crippen molar-refractivity contribution in [1.82, 2.24) is 0 Å². The van der Waals surface area contributed by atoms with Crippen LogP contribution in [0.25, 0.3) is 0 Å². The molecule has 0 bridgehead atoms. The third-order valence-corrected chi connectivity index (χ3v) is 2.03. The van der Waals surface area contributed by atoms with E-state index in [1.165, 1.54) is 0 Å². The molecule has 17 heavy (non-hydrogen) atoms. The summed E-state index contributed by atoms with van der Waals surface area (Å²) in [4.78, 5) is 22.5. The lowest BCUT2D eigenvalue weighted by Gasteiger charge is -2.14. The molecular formula is C12H15NO4. The fourth-order valence-corrected chi connectivity index (χ4v) is 1.27. The summed E-state index contributed by atoms with van der Waals surface area (Å²) in [5.74, 6) is -1.32.